The summed E-state index contributed by atoms with van der Waals surface area (Å²) in [5.74, 6) is 0.0597. The first kappa shape index (κ1) is 16.8. The predicted molar refractivity (Wildman–Crippen MR) is 90.8 cm³/mol. The van der Waals surface area contributed by atoms with Gasteiger partial charge in [-0.1, -0.05) is 6.07 Å². The summed E-state index contributed by atoms with van der Waals surface area (Å²) in [6, 6.07) is 5.98. The molecule has 0 unspecified atom stereocenters. The Labute approximate surface area is 141 Å². The van der Waals surface area contributed by atoms with Gasteiger partial charge in [0.2, 0.25) is 0 Å². The first-order chi connectivity index (χ1) is 11.4. The lowest BCUT2D eigenvalue weighted by Crippen LogP contribution is -2.38. The lowest BCUT2D eigenvalue weighted by atomic mass is 10.2. The summed E-state index contributed by atoms with van der Waals surface area (Å²) in [6.45, 7) is 1.54. The number of sulfone groups is 1. The van der Waals surface area contributed by atoms with Gasteiger partial charge in [0, 0.05) is 30.4 Å². The molecule has 3 amide bonds. The summed E-state index contributed by atoms with van der Waals surface area (Å²) >= 11 is 0. The predicted octanol–water partition coefficient (Wildman–Crippen LogP) is 1.23. The number of urea groups is 1. The number of carbonyl (C=O) groups excluding carboxylic acids is 2. The van der Waals surface area contributed by atoms with Crippen LogP contribution >= 0.6 is 0 Å². The average Bonchev–Trinajstić information content (AvgIpc) is 3.16. The van der Waals surface area contributed by atoms with Gasteiger partial charge in [0.1, 0.15) is 0 Å². The molecular weight excluding hydrogens is 330 g/mol. The molecule has 0 bridgehead atoms. The van der Waals surface area contributed by atoms with E-state index in [2.05, 4.69) is 10.6 Å². The van der Waals surface area contributed by atoms with E-state index in [0.717, 1.165) is 25.9 Å². The van der Waals surface area contributed by atoms with Gasteiger partial charge in [-0.2, -0.15) is 0 Å². The van der Waals surface area contributed by atoms with Crippen molar-refractivity contribution in [2.75, 3.05) is 29.9 Å². The summed E-state index contributed by atoms with van der Waals surface area (Å²) in [7, 11) is -3.03. The Balaban J connectivity index is 1.60. The number of hydrogen-bond donors (Lipinski definition) is 2. The molecule has 2 N–H and O–H groups in total. The fourth-order valence-electron chi connectivity index (χ4n) is 3.09. The highest BCUT2D eigenvalue weighted by atomic mass is 32.2. The van der Waals surface area contributed by atoms with Gasteiger partial charge in [0.15, 0.2) is 9.84 Å². The van der Waals surface area contributed by atoms with E-state index in [1.165, 1.54) is 0 Å². The Morgan fingerprint density at radius 1 is 1.17 bits per heavy atom. The number of benzene rings is 1. The van der Waals surface area contributed by atoms with Crippen LogP contribution in [0.25, 0.3) is 0 Å². The zero-order valence-electron chi connectivity index (χ0n) is 13.3. The molecule has 1 aromatic carbocycles. The summed E-state index contributed by atoms with van der Waals surface area (Å²) in [6.07, 6.45) is 2.48. The van der Waals surface area contributed by atoms with Gasteiger partial charge in [-0.05, 0) is 37.5 Å². The number of amides is 3. The first-order valence-corrected chi connectivity index (χ1v) is 9.92. The van der Waals surface area contributed by atoms with Crippen molar-refractivity contribution >= 4 is 27.5 Å². The van der Waals surface area contributed by atoms with Crippen molar-refractivity contribution in [1.29, 1.82) is 0 Å². The van der Waals surface area contributed by atoms with E-state index >= 15 is 0 Å². The highest BCUT2D eigenvalue weighted by Crippen LogP contribution is 2.17. The number of anilines is 1. The molecule has 1 aromatic rings. The SMILES string of the molecule is O=C(Nc1cccc(C(=O)N2CCCC2)c1)N[C@H]1CCS(=O)(=O)C1. The van der Waals surface area contributed by atoms with Gasteiger partial charge in [0.25, 0.3) is 5.91 Å². The molecule has 24 heavy (non-hydrogen) atoms. The van der Waals surface area contributed by atoms with Crippen LogP contribution in [0.2, 0.25) is 0 Å². The minimum Gasteiger partial charge on any atom is -0.339 e. The van der Waals surface area contributed by atoms with E-state index in [1.807, 2.05) is 4.90 Å². The molecule has 8 heteroatoms. The number of carbonyl (C=O) groups is 2. The van der Waals surface area contributed by atoms with Crippen LogP contribution in [-0.2, 0) is 9.84 Å². The van der Waals surface area contributed by atoms with Gasteiger partial charge in [-0.15, -0.1) is 0 Å². The van der Waals surface area contributed by atoms with Gasteiger partial charge < -0.3 is 15.5 Å². The smallest absolute Gasteiger partial charge is 0.319 e. The second kappa shape index (κ2) is 6.80. The molecule has 2 aliphatic heterocycles. The van der Waals surface area contributed by atoms with Crippen LogP contribution in [0.3, 0.4) is 0 Å². The van der Waals surface area contributed by atoms with Crippen LogP contribution in [0.1, 0.15) is 29.6 Å². The van der Waals surface area contributed by atoms with Crippen molar-refractivity contribution in [2.24, 2.45) is 0 Å². The Morgan fingerprint density at radius 2 is 1.92 bits per heavy atom. The van der Waals surface area contributed by atoms with E-state index in [4.69, 9.17) is 0 Å². The van der Waals surface area contributed by atoms with E-state index in [9.17, 15) is 18.0 Å². The van der Waals surface area contributed by atoms with Crippen molar-refractivity contribution in [1.82, 2.24) is 10.2 Å². The second-order valence-corrected chi connectivity index (χ2v) is 8.51. The zero-order valence-corrected chi connectivity index (χ0v) is 14.1. The van der Waals surface area contributed by atoms with Crippen molar-refractivity contribution < 1.29 is 18.0 Å². The molecule has 2 fully saturated rings. The van der Waals surface area contributed by atoms with Gasteiger partial charge in [-0.3, -0.25) is 4.79 Å². The minimum absolute atomic E-state index is 0.0199. The summed E-state index contributed by atoms with van der Waals surface area (Å²) in [5.41, 5.74) is 1.05. The number of nitrogens with one attached hydrogen (secondary N) is 2. The maximum absolute atomic E-state index is 12.4. The van der Waals surface area contributed by atoms with Crippen molar-refractivity contribution in [3.8, 4) is 0 Å². The van der Waals surface area contributed by atoms with E-state index in [0.29, 0.717) is 17.7 Å². The molecule has 2 saturated heterocycles. The second-order valence-electron chi connectivity index (χ2n) is 6.28. The van der Waals surface area contributed by atoms with Crippen molar-refractivity contribution in [3.05, 3.63) is 29.8 Å². The number of likely N-dealkylation sites (tertiary alicyclic amines) is 1. The first-order valence-electron chi connectivity index (χ1n) is 8.10. The third-order valence-electron chi connectivity index (χ3n) is 4.33. The largest absolute Gasteiger partial charge is 0.339 e. The summed E-state index contributed by atoms with van der Waals surface area (Å²) in [5, 5.41) is 5.33. The van der Waals surface area contributed by atoms with Crippen LogP contribution in [0, 0.1) is 0 Å². The molecule has 0 radical (unpaired) electrons. The Morgan fingerprint density at radius 3 is 2.58 bits per heavy atom. The van der Waals surface area contributed by atoms with Crippen molar-refractivity contribution in [3.63, 3.8) is 0 Å². The third kappa shape index (κ3) is 4.05. The molecule has 7 nitrogen and oxygen atoms in total. The van der Waals surface area contributed by atoms with Crippen LogP contribution in [0.5, 0.6) is 0 Å². The third-order valence-corrected chi connectivity index (χ3v) is 6.10. The molecule has 2 aliphatic rings. The minimum atomic E-state index is -3.03. The molecule has 0 aliphatic carbocycles. The Hall–Kier alpha value is -2.09. The molecule has 0 saturated carbocycles. The zero-order chi connectivity index (χ0) is 17.2. The van der Waals surface area contributed by atoms with Gasteiger partial charge in [0.05, 0.1) is 11.5 Å². The summed E-state index contributed by atoms with van der Waals surface area (Å²) < 4.78 is 22.8. The average molecular weight is 351 g/mol. The molecule has 0 spiro atoms. The summed E-state index contributed by atoms with van der Waals surface area (Å²) in [4.78, 5) is 26.2. The van der Waals surface area contributed by atoms with E-state index in [-0.39, 0.29) is 23.5 Å². The lowest BCUT2D eigenvalue weighted by Gasteiger charge is -2.16. The van der Waals surface area contributed by atoms with Gasteiger partial charge in [-0.25, -0.2) is 13.2 Å². The standard InChI is InChI=1S/C16H21N3O4S/c20-15(19-7-1-2-8-19)12-4-3-5-13(10-12)17-16(21)18-14-6-9-24(22,23)11-14/h3-5,10,14H,1-2,6-9,11H2,(H2,17,18,21)/t14-/m0/s1. The molecule has 130 valence electrons. The quantitative estimate of drug-likeness (QED) is 0.856. The Bertz CT molecular complexity index is 741. The number of hydrogen-bond acceptors (Lipinski definition) is 4. The number of rotatable bonds is 3. The fraction of sp³-hybridized carbons (Fsp3) is 0.500. The van der Waals surface area contributed by atoms with Crippen LogP contribution < -0.4 is 10.6 Å². The maximum Gasteiger partial charge on any atom is 0.319 e. The Kier molecular flexibility index (Phi) is 4.75. The number of nitrogens with zero attached hydrogens (tertiary/aromatic N) is 1. The normalized spacial score (nSPS) is 22.3. The van der Waals surface area contributed by atoms with Crippen LogP contribution in [-0.4, -0.2) is 55.9 Å². The topological polar surface area (TPSA) is 95.6 Å². The van der Waals surface area contributed by atoms with Crippen LogP contribution in [0.4, 0.5) is 10.5 Å². The van der Waals surface area contributed by atoms with E-state index in [1.54, 1.807) is 24.3 Å². The monoisotopic (exact) mass is 351 g/mol. The molecule has 2 heterocycles. The highest BCUT2D eigenvalue weighted by Gasteiger charge is 2.29. The van der Waals surface area contributed by atoms with Crippen LogP contribution in [0.15, 0.2) is 24.3 Å². The van der Waals surface area contributed by atoms with E-state index < -0.39 is 15.9 Å². The lowest BCUT2D eigenvalue weighted by molar-refractivity contribution is 0.0793. The highest BCUT2D eigenvalue weighted by molar-refractivity contribution is 7.91. The molecule has 0 aromatic heterocycles. The molecule has 1 atom stereocenters. The fourth-order valence-corrected chi connectivity index (χ4v) is 4.77. The van der Waals surface area contributed by atoms with Gasteiger partial charge >= 0.3 is 6.03 Å². The molecule has 3 rings (SSSR count). The maximum atomic E-state index is 12.4. The van der Waals surface area contributed by atoms with Crippen molar-refractivity contribution in [2.45, 2.75) is 25.3 Å². The molecular formula is C16H21N3O4S.